The fourth-order valence-corrected chi connectivity index (χ4v) is 3.13. The summed E-state index contributed by atoms with van der Waals surface area (Å²) in [5, 5.41) is 3.24. The molecule has 1 fully saturated rings. The maximum Gasteiger partial charge on any atom is 0.211 e. The number of hydrogen-bond acceptors (Lipinski definition) is 3. The molecule has 0 atom stereocenters. The van der Waals surface area contributed by atoms with E-state index < -0.39 is 10.0 Å². The van der Waals surface area contributed by atoms with Gasteiger partial charge in [0.05, 0.1) is 5.75 Å². The summed E-state index contributed by atoms with van der Waals surface area (Å²) < 4.78 is 25.0. The molecule has 2 N–H and O–H groups in total. The van der Waals surface area contributed by atoms with Gasteiger partial charge in [-0.3, -0.25) is 0 Å². The van der Waals surface area contributed by atoms with Crippen molar-refractivity contribution in [3.8, 4) is 0 Å². The molecule has 0 saturated heterocycles. The van der Waals surface area contributed by atoms with Crippen LogP contribution in [0.25, 0.3) is 0 Å². The van der Waals surface area contributed by atoms with E-state index in [0.29, 0.717) is 17.7 Å². The van der Waals surface area contributed by atoms with E-state index >= 15 is 0 Å². The van der Waals surface area contributed by atoms with Gasteiger partial charge < -0.3 is 5.32 Å². The molecule has 0 heterocycles. The van der Waals surface area contributed by atoms with Crippen molar-refractivity contribution in [2.24, 2.45) is 5.92 Å². The van der Waals surface area contributed by atoms with Gasteiger partial charge in [0.15, 0.2) is 0 Å². The lowest BCUT2D eigenvalue weighted by Crippen LogP contribution is -2.34. The molecule has 1 rings (SSSR count). The van der Waals surface area contributed by atoms with Gasteiger partial charge in [-0.05, 0) is 45.7 Å². The van der Waals surface area contributed by atoms with Gasteiger partial charge in [0.25, 0.3) is 0 Å². The van der Waals surface area contributed by atoms with Gasteiger partial charge in [-0.1, -0.05) is 0 Å². The summed E-state index contributed by atoms with van der Waals surface area (Å²) in [5.74, 6) is 0.636. The van der Waals surface area contributed by atoms with Crippen LogP contribution in [0.2, 0.25) is 0 Å². The first-order chi connectivity index (χ1) is 6.57. The molecule has 0 bridgehead atoms. The zero-order chi connectivity index (χ0) is 10.6. The van der Waals surface area contributed by atoms with Gasteiger partial charge in [-0.2, -0.15) is 0 Å². The minimum absolute atomic E-state index is 0.292. The smallest absolute Gasteiger partial charge is 0.211 e. The third-order valence-corrected chi connectivity index (χ3v) is 4.55. The molecule has 0 aromatic carbocycles. The Morgan fingerprint density at radius 1 is 1.14 bits per heavy atom. The van der Waals surface area contributed by atoms with Crippen molar-refractivity contribution in [3.63, 3.8) is 0 Å². The van der Waals surface area contributed by atoms with Crippen LogP contribution >= 0.6 is 0 Å². The standard InChI is InChI=1S/C9H20N2O2S/c1-10-9-5-3-8(4-6-9)7-14(12,13)11-2/h8-11H,3-7H2,1-2H3/t8-,9-. The molecule has 0 aliphatic heterocycles. The zero-order valence-corrected chi connectivity index (χ0v) is 9.73. The van der Waals surface area contributed by atoms with E-state index in [1.807, 2.05) is 7.05 Å². The molecular weight excluding hydrogens is 200 g/mol. The predicted octanol–water partition coefficient (Wildman–Crippen LogP) is 0.314. The maximum atomic E-state index is 11.3. The molecule has 1 aliphatic rings. The number of sulfonamides is 1. The predicted molar refractivity (Wildman–Crippen MR) is 57.7 cm³/mol. The van der Waals surface area contributed by atoms with E-state index in [9.17, 15) is 8.42 Å². The molecule has 0 spiro atoms. The highest BCUT2D eigenvalue weighted by molar-refractivity contribution is 7.89. The summed E-state index contributed by atoms with van der Waals surface area (Å²) in [6.07, 6.45) is 4.24. The number of nitrogens with one attached hydrogen (secondary N) is 2. The summed E-state index contributed by atoms with van der Waals surface area (Å²) in [6, 6.07) is 0.587. The molecule has 0 aromatic heterocycles. The third-order valence-electron chi connectivity index (χ3n) is 3.02. The molecule has 4 nitrogen and oxygen atoms in total. The molecule has 0 radical (unpaired) electrons. The summed E-state index contributed by atoms with van der Waals surface area (Å²) in [5.41, 5.74) is 0. The van der Waals surface area contributed by atoms with Gasteiger partial charge >= 0.3 is 0 Å². The monoisotopic (exact) mass is 220 g/mol. The van der Waals surface area contributed by atoms with Crippen molar-refractivity contribution < 1.29 is 8.42 Å². The summed E-state index contributed by atoms with van der Waals surface area (Å²) in [7, 11) is 0.435. The Balaban J connectivity index is 2.36. The fourth-order valence-electron chi connectivity index (χ4n) is 2.01. The SMILES string of the molecule is CNS(=O)(=O)C[C@H]1CC[C@H](NC)CC1. The van der Waals surface area contributed by atoms with Crippen LogP contribution in [0.1, 0.15) is 25.7 Å². The van der Waals surface area contributed by atoms with Gasteiger partial charge in [-0.25, -0.2) is 13.1 Å². The molecule has 14 heavy (non-hydrogen) atoms. The van der Waals surface area contributed by atoms with Crippen molar-refractivity contribution in [3.05, 3.63) is 0 Å². The van der Waals surface area contributed by atoms with Crippen molar-refractivity contribution in [1.82, 2.24) is 10.0 Å². The first-order valence-electron chi connectivity index (χ1n) is 5.16. The highest BCUT2D eigenvalue weighted by atomic mass is 32.2. The lowest BCUT2D eigenvalue weighted by Gasteiger charge is -2.27. The summed E-state index contributed by atoms with van der Waals surface area (Å²) in [4.78, 5) is 0. The Bertz CT molecular complexity index is 256. The molecule has 5 heteroatoms. The summed E-state index contributed by atoms with van der Waals surface area (Å²) in [6.45, 7) is 0. The van der Waals surface area contributed by atoms with Crippen LogP contribution in [0.3, 0.4) is 0 Å². The van der Waals surface area contributed by atoms with E-state index in [-0.39, 0.29) is 0 Å². The summed E-state index contributed by atoms with van der Waals surface area (Å²) >= 11 is 0. The number of rotatable bonds is 4. The molecule has 0 aromatic rings. The lowest BCUT2D eigenvalue weighted by atomic mass is 9.87. The fraction of sp³-hybridized carbons (Fsp3) is 1.00. The highest BCUT2D eigenvalue weighted by Crippen LogP contribution is 2.24. The molecule has 0 unspecified atom stereocenters. The zero-order valence-electron chi connectivity index (χ0n) is 8.91. The Morgan fingerprint density at radius 2 is 1.71 bits per heavy atom. The van der Waals surface area contributed by atoms with E-state index in [0.717, 1.165) is 25.7 Å². The van der Waals surface area contributed by atoms with Crippen LogP contribution in [0.5, 0.6) is 0 Å². The molecule has 1 saturated carbocycles. The van der Waals surface area contributed by atoms with E-state index in [4.69, 9.17) is 0 Å². The Hall–Kier alpha value is -0.130. The van der Waals surface area contributed by atoms with Crippen molar-refractivity contribution >= 4 is 10.0 Å². The van der Waals surface area contributed by atoms with Crippen molar-refractivity contribution in [2.75, 3.05) is 19.8 Å². The quantitative estimate of drug-likeness (QED) is 0.717. The van der Waals surface area contributed by atoms with E-state index in [1.54, 1.807) is 0 Å². The third kappa shape index (κ3) is 3.55. The van der Waals surface area contributed by atoms with Crippen molar-refractivity contribution in [1.29, 1.82) is 0 Å². The minimum atomic E-state index is -3.01. The average Bonchev–Trinajstić information content (AvgIpc) is 2.19. The molecule has 84 valence electrons. The van der Waals surface area contributed by atoms with Crippen LogP contribution in [0.4, 0.5) is 0 Å². The van der Waals surface area contributed by atoms with Crippen LogP contribution in [-0.2, 0) is 10.0 Å². The van der Waals surface area contributed by atoms with Crippen LogP contribution in [0.15, 0.2) is 0 Å². The Labute approximate surface area is 86.5 Å². The van der Waals surface area contributed by atoms with Gasteiger partial charge in [0.2, 0.25) is 10.0 Å². The second kappa shape index (κ2) is 5.09. The normalized spacial score (nSPS) is 29.0. The second-order valence-electron chi connectivity index (χ2n) is 3.99. The van der Waals surface area contributed by atoms with Gasteiger partial charge in [0.1, 0.15) is 0 Å². The average molecular weight is 220 g/mol. The minimum Gasteiger partial charge on any atom is -0.317 e. The van der Waals surface area contributed by atoms with E-state index in [1.165, 1.54) is 7.05 Å². The Kier molecular flexibility index (Phi) is 4.34. The lowest BCUT2D eigenvalue weighted by molar-refractivity contribution is 0.320. The largest absolute Gasteiger partial charge is 0.317 e. The molecule has 0 amide bonds. The molecule has 1 aliphatic carbocycles. The van der Waals surface area contributed by atoms with Gasteiger partial charge in [0, 0.05) is 6.04 Å². The first kappa shape index (κ1) is 11.9. The first-order valence-corrected chi connectivity index (χ1v) is 6.81. The Morgan fingerprint density at radius 3 is 2.14 bits per heavy atom. The van der Waals surface area contributed by atoms with Crippen LogP contribution < -0.4 is 10.0 Å². The van der Waals surface area contributed by atoms with Crippen LogP contribution in [0, 0.1) is 5.92 Å². The number of hydrogen-bond donors (Lipinski definition) is 2. The highest BCUT2D eigenvalue weighted by Gasteiger charge is 2.23. The van der Waals surface area contributed by atoms with E-state index in [2.05, 4.69) is 10.0 Å². The maximum absolute atomic E-state index is 11.3. The van der Waals surface area contributed by atoms with Crippen LogP contribution in [-0.4, -0.2) is 34.3 Å². The van der Waals surface area contributed by atoms with Crippen molar-refractivity contribution in [2.45, 2.75) is 31.7 Å². The second-order valence-corrected chi connectivity index (χ2v) is 5.96. The topological polar surface area (TPSA) is 58.2 Å². The van der Waals surface area contributed by atoms with Gasteiger partial charge in [-0.15, -0.1) is 0 Å². The molecular formula is C9H20N2O2S.